The SMILES string of the molecule is CNC(O)C1(CCc2ccc(N3C(=S)N(c4ccc(C)c(C)c4F)C(=O)C34CCC4)cc2)CCC1. The fourth-order valence-corrected chi connectivity index (χ4v) is 6.40. The molecule has 1 heterocycles. The highest BCUT2D eigenvalue weighted by Crippen LogP contribution is 2.49. The average molecular weight is 496 g/mol. The van der Waals surface area contributed by atoms with Crippen LogP contribution in [0.15, 0.2) is 36.4 Å². The van der Waals surface area contributed by atoms with Gasteiger partial charge in [-0.15, -0.1) is 0 Å². The van der Waals surface area contributed by atoms with Gasteiger partial charge in [0.2, 0.25) is 0 Å². The van der Waals surface area contributed by atoms with E-state index in [1.165, 1.54) is 10.5 Å². The van der Waals surface area contributed by atoms with Gasteiger partial charge in [0.05, 0.1) is 5.69 Å². The van der Waals surface area contributed by atoms with Crippen molar-refractivity contribution in [2.75, 3.05) is 16.8 Å². The highest BCUT2D eigenvalue weighted by atomic mass is 32.1. The molecule has 5 rings (SSSR count). The van der Waals surface area contributed by atoms with Gasteiger partial charge in [0.1, 0.15) is 11.8 Å². The monoisotopic (exact) mass is 495 g/mol. The molecule has 2 saturated carbocycles. The highest BCUT2D eigenvalue weighted by molar-refractivity contribution is 7.81. The van der Waals surface area contributed by atoms with Gasteiger partial charge in [-0.2, -0.15) is 0 Å². The van der Waals surface area contributed by atoms with Crippen molar-refractivity contribution < 1.29 is 14.3 Å². The van der Waals surface area contributed by atoms with Gasteiger partial charge in [0, 0.05) is 11.1 Å². The maximum absolute atomic E-state index is 15.2. The van der Waals surface area contributed by atoms with E-state index in [0.717, 1.165) is 49.8 Å². The first-order valence-electron chi connectivity index (χ1n) is 12.6. The summed E-state index contributed by atoms with van der Waals surface area (Å²) in [4.78, 5) is 17.0. The maximum atomic E-state index is 15.2. The fourth-order valence-electron chi connectivity index (χ4n) is 5.94. The molecule has 0 bridgehead atoms. The Hall–Kier alpha value is -2.35. The third kappa shape index (κ3) is 3.71. The summed E-state index contributed by atoms with van der Waals surface area (Å²) in [7, 11) is 1.81. The van der Waals surface area contributed by atoms with E-state index in [9.17, 15) is 9.90 Å². The Labute approximate surface area is 212 Å². The number of aliphatic hydroxyl groups is 1. The maximum Gasteiger partial charge on any atom is 0.259 e. The lowest BCUT2D eigenvalue weighted by molar-refractivity contribution is -0.123. The molecule has 3 fully saturated rings. The summed E-state index contributed by atoms with van der Waals surface area (Å²) >= 11 is 5.82. The molecule has 1 amide bonds. The molecule has 2 N–H and O–H groups in total. The van der Waals surface area contributed by atoms with Crippen molar-refractivity contribution in [1.29, 1.82) is 0 Å². The van der Waals surface area contributed by atoms with Crippen LogP contribution in [0.1, 0.15) is 61.6 Å². The van der Waals surface area contributed by atoms with Gasteiger partial charge in [-0.1, -0.05) is 24.6 Å². The van der Waals surface area contributed by atoms with Crippen LogP contribution in [0.25, 0.3) is 0 Å². The van der Waals surface area contributed by atoms with Crippen LogP contribution in [0.4, 0.5) is 15.8 Å². The number of benzene rings is 2. The van der Waals surface area contributed by atoms with Gasteiger partial charge in [0.25, 0.3) is 5.91 Å². The fraction of sp³-hybridized carbons (Fsp3) is 0.500. The molecule has 3 aliphatic rings. The van der Waals surface area contributed by atoms with E-state index in [4.69, 9.17) is 12.2 Å². The number of nitrogens with one attached hydrogen (secondary N) is 1. The first-order chi connectivity index (χ1) is 16.7. The minimum atomic E-state index is -0.725. The van der Waals surface area contributed by atoms with Crippen LogP contribution in [0.2, 0.25) is 0 Å². The summed E-state index contributed by atoms with van der Waals surface area (Å²) in [6, 6.07) is 11.7. The van der Waals surface area contributed by atoms with Gasteiger partial charge in [-0.05, 0) is 113 Å². The van der Waals surface area contributed by atoms with Crippen LogP contribution < -0.4 is 15.1 Å². The summed E-state index contributed by atoms with van der Waals surface area (Å²) in [5, 5.41) is 13.8. The van der Waals surface area contributed by atoms with Crippen LogP contribution in [0, 0.1) is 25.1 Å². The Morgan fingerprint density at radius 1 is 1.09 bits per heavy atom. The third-order valence-corrected chi connectivity index (χ3v) is 9.14. The predicted octanol–water partition coefficient (Wildman–Crippen LogP) is 5.14. The molecule has 2 aromatic rings. The topological polar surface area (TPSA) is 55.8 Å². The number of thiocarbonyl (C=S) groups is 1. The number of aryl methyl sites for hydroxylation is 2. The largest absolute Gasteiger partial charge is 0.378 e. The first-order valence-corrected chi connectivity index (χ1v) is 13.0. The second-order valence-corrected chi connectivity index (χ2v) is 10.9. The number of halogens is 1. The molecule has 2 aliphatic carbocycles. The van der Waals surface area contributed by atoms with Gasteiger partial charge in [-0.25, -0.2) is 4.39 Å². The van der Waals surface area contributed by atoms with Gasteiger partial charge in [-0.3, -0.25) is 15.0 Å². The van der Waals surface area contributed by atoms with Gasteiger partial charge in [0.15, 0.2) is 10.9 Å². The average Bonchev–Trinajstić information content (AvgIpc) is 3.04. The zero-order valence-corrected chi connectivity index (χ0v) is 21.6. The number of rotatable bonds is 7. The number of carbonyl (C=O) groups is 1. The van der Waals surface area contributed by atoms with Crippen molar-refractivity contribution in [3.05, 3.63) is 58.9 Å². The van der Waals surface area contributed by atoms with Crippen molar-refractivity contribution in [2.45, 2.75) is 77.0 Å². The predicted molar refractivity (Wildman–Crippen MR) is 141 cm³/mol. The zero-order valence-electron chi connectivity index (χ0n) is 20.7. The Bertz CT molecular complexity index is 1160. The van der Waals surface area contributed by atoms with Crippen LogP contribution in [0.3, 0.4) is 0 Å². The molecule has 0 radical (unpaired) electrons. The first kappa shape index (κ1) is 24.3. The Kier molecular flexibility index (Phi) is 6.22. The molecule has 1 saturated heterocycles. The summed E-state index contributed by atoms with van der Waals surface area (Å²) in [6.45, 7) is 3.59. The summed E-state index contributed by atoms with van der Waals surface area (Å²) in [6.07, 6.45) is 6.96. The van der Waals surface area contributed by atoms with Crippen molar-refractivity contribution in [2.24, 2.45) is 5.41 Å². The molecule has 1 aliphatic heterocycles. The van der Waals surface area contributed by atoms with E-state index in [1.54, 1.807) is 13.0 Å². The van der Waals surface area contributed by atoms with Crippen molar-refractivity contribution in [1.82, 2.24) is 5.32 Å². The lowest BCUT2D eigenvalue weighted by Gasteiger charge is -2.45. The van der Waals surface area contributed by atoms with Crippen LogP contribution in [-0.4, -0.2) is 34.9 Å². The summed E-state index contributed by atoms with van der Waals surface area (Å²) in [5.41, 5.74) is 2.92. The zero-order chi connectivity index (χ0) is 25.0. The van der Waals surface area contributed by atoms with E-state index in [0.29, 0.717) is 23.5 Å². The number of hydrogen-bond donors (Lipinski definition) is 2. The van der Waals surface area contributed by atoms with Gasteiger partial charge >= 0.3 is 0 Å². The van der Waals surface area contributed by atoms with Crippen LogP contribution >= 0.6 is 12.2 Å². The number of nitrogens with zero attached hydrogens (tertiary/aromatic N) is 2. The number of carbonyl (C=O) groups excluding carboxylic acids is 1. The number of hydrogen-bond acceptors (Lipinski definition) is 4. The number of amides is 1. The minimum absolute atomic E-state index is 0.0386. The molecule has 2 aromatic carbocycles. The molecule has 7 heteroatoms. The lowest BCUT2D eigenvalue weighted by Crippen LogP contribution is -2.55. The molecule has 0 aromatic heterocycles. The van der Waals surface area contributed by atoms with E-state index in [2.05, 4.69) is 17.4 Å². The number of anilines is 2. The van der Waals surface area contributed by atoms with E-state index >= 15 is 4.39 Å². The second-order valence-electron chi connectivity index (χ2n) is 10.6. The molecule has 1 spiro atoms. The smallest absolute Gasteiger partial charge is 0.259 e. The van der Waals surface area contributed by atoms with Crippen LogP contribution in [0.5, 0.6) is 0 Å². The molecule has 5 nitrogen and oxygen atoms in total. The molecular weight excluding hydrogens is 461 g/mol. The van der Waals surface area contributed by atoms with Crippen LogP contribution in [-0.2, 0) is 11.2 Å². The van der Waals surface area contributed by atoms with E-state index in [1.807, 2.05) is 37.1 Å². The molecule has 35 heavy (non-hydrogen) atoms. The Morgan fingerprint density at radius 3 is 2.29 bits per heavy atom. The van der Waals surface area contributed by atoms with E-state index in [-0.39, 0.29) is 22.8 Å². The van der Waals surface area contributed by atoms with E-state index < -0.39 is 11.8 Å². The van der Waals surface area contributed by atoms with Crippen molar-refractivity contribution >= 4 is 34.6 Å². The van der Waals surface area contributed by atoms with Crippen molar-refractivity contribution in [3.63, 3.8) is 0 Å². The van der Waals surface area contributed by atoms with Crippen molar-refractivity contribution in [3.8, 4) is 0 Å². The minimum Gasteiger partial charge on any atom is -0.378 e. The summed E-state index contributed by atoms with van der Waals surface area (Å²) in [5.74, 6) is -0.519. The number of aliphatic hydroxyl groups excluding tert-OH is 1. The molecule has 1 unspecified atom stereocenters. The van der Waals surface area contributed by atoms with Gasteiger partial charge < -0.3 is 10.0 Å². The normalized spacial score (nSPS) is 21.3. The quantitative estimate of drug-likeness (QED) is 0.411. The standard InChI is InChI=1S/C28H34FN3O2S/c1-18-6-11-22(23(29)19(18)2)31-25(34)28(15-5-16-28)32(26(31)35)21-9-7-20(8-10-21)12-17-27(13-4-14-27)24(33)30-3/h6-11,24,30,33H,4-5,12-17H2,1-3H3. The summed E-state index contributed by atoms with van der Waals surface area (Å²) < 4.78 is 15.2. The lowest BCUT2D eigenvalue weighted by atomic mass is 9.64. The Balaban J connectivity index is 1.40. The molecule has 186 valence electrons. The molecular formula is C28H34FN3O2S. The second kappa shape index (κ2) is 8.95. The molecule has 1 atom stereocenters. The highest BCUT2D eigenvalue weighted by Gasteiger charge is 2.60. The third-order valence-electron chi connectivity index (χ3n) is 8.78. The Morgan fingerprint density at radius 2 is 1.74 bits per heavy atom.